The molecule has 1 amide bonds. The third kappa shape index (κ3) is 1.30. The number of nitrogens with two attached hydrogens (primary N) is 1. The van der Waals surface area contributed by atoms with Crippen LogP contribution in [0.15, 0.2) is 23.1 Å². The van der Waals surface area contributed by atoms with Gasteiger partial charge in [0.2, 0.25) is 0 Å². The fourth-order valence-electron chi connectivity index (χ4n) is 1.77. The Hall–Kier alpha value is -1.56. The van der Waals surface area contributed by atoms with Crippen molar-refractivity contribution in [1.82, 2.24) is 4.31 Å². The van der Waals surface area contributed by atoms with Gasteiger partial charge in [-0.25, -0.2) is 12.7 Å². The van der Waals surface area contributed by atoms with E-state index in [9.17, 15) is 13.2 Å². The van der Waals surface area contributed by atoms with Crippen LogP contribution in [0.3, 0.4) is 0 Å². The van der Waals surface area contributed by atoms with Gasteiger partial charge >= 0.3 is 0 Å². The van der Waals surface area contributed by atoms with Crippen molar-refractivity contribution in [2.75, 3.05) is 5.73 Å². The predicted molar refractivity (Wildman–Crippen MR) is 59.3 cm³/mol. The Kier molecular flexibility index (Phi) is 2.20. The second-order valence-corrected chi connectivity index (χ2v) is 5.74. The average Bonchev–Trinajstić information content (AvgIpc) is 2.34. The highest BCUT2D eigenvalue weighted by molar-refractivity contribution is 7.90. The highest BCUT2D eigenvalue weighted by Crippen LogP contribution is 2.32. The van der Waals surface area contributed by atoms with Crippen LogP contribution in [-0.2, 0) is 10.0 Å². The molecular weight excluding hydrogens is 228 g/mol. The monoisotopic (exact) mass is 240 g/mol. The molecule has 0 unspecified atom stereocenters. The molecule has 1 aliphatic heterocycles. The zero-order valence-corrected chi connectivity index (χ0v) is 9.78. The maximum absolute atomic E-state index is 12.0. The molecule has 1 aromatic rings. The molecule has 0 aromatic heterocycles. The van der Waals surface area contributed by atoms with Crippen LogP contribution in [-0.4, -0.2) is 24.7 Å². The largest absolute Gasteiger partial charge is 0.399 e. The van der Waals surface area contributed by atoms with Crippen LogP contribution < -0.4 is 5.73 Å². The number of carbonyl (C=O) groups excluding carboxylic acids is 1. The molecule has 0 saturated carbocycles. The molecule has 5 nitrogen and oxygen atoms in total. The summed E-state index contributed by atoms with van der Waals surface area (Å²) < 4.78 is 25.0. The second kappa shape index (κ2) is 3.21. The number of nitrogen functional groups attached to an aromatic ring is 1. The van der Waals surface area contributed by atoms with E-state index >= 15 is 0 Å². The van der Waals surface area contributed by atoms with Crippen LogP contribution in [0.1, 0.15) is 24.2 Å². The van der Waals surface area contributed by atoms with Crippen LogP contribution in [0.4, 0.5) is 5.69 Å². The highest BCUT2D eigenvalue weighted by Gasteiger charge is 2.42. The summed E-state index contributed by atoms with van der Waals surface area (Å²) in [6.45, 7) is 3.31. The van der Waals surface area contributed by atoms with E-state index in [1.807, 2.05) is 0 Å². The normalized spacial score (nSPS) is 17.9. The fourth-order valence-corrected chi connectivity index (χ4v) is 3.58. The molecule has 86 valence electrons. The van der Waals surface area contributed by atoms with Gasteiger partial charge in [-0.2, -0.15) is 0 Å². The number of sulfonamides is 1. The third-order valence-electron chi connectivity index (χ3n) is 2.44. The third-order valence-corrected chi connectivity index (χ3v) is 4.44. The van der Waals surface area contributed by atoms with Crippen molar-refractivity contribution in [2.45, 2.75) is 24.8 Å². The van der Waals surface area contributed by atoms with Gasteiger partial charge < -0.3 is 5.73 Å². The smallest absolute Gasteiger partial charge is 0.269 e. The van der Waals surface area contributed by atoms with E-state index in [0.29, 0.717) is 5.69 Å². The van der Waals surface area contributed by atoms with E-state index in [2.05, 4.69) is 0 Å². The summed E-state index contributed by atoms with van der Waals surface area (Å²) in [7, 11) is -3.71. The number of hydrogen-bond donors (Lipinski definition) is 1. The molecule has 0 atom stereocenters. The summed E-state index contributed by atoms with van der Waals surface area (Å²) in [6.07, 6.45) is 0. The summed E-state index contributed by atoms with van der Waals surface area (Å²) >= 11 is 0. The standard InChI is InChI=1S/C10H12N2O3S/c1-6(2)12-10(13)8-4-3-7(11)5-9(8)16(12,14)15/h3-6H,11H2,1-2H3. The maximum atomic E-state index is 12.0. The lowest BCUT2D eigenvalue weighted by Crippen LogP contribution is -2.36. The first kappa shape index (κ1) is 10.9. The molecule has 0 bridgehead atoms. The van der Waals surface area contributed by atoms with Crippen molar-refractivity contribution >= 4 is 21.6 Å². The summed E-state index contributed by atoms with van der Waals surface area (Å²) in [6, 6.07) is 3.90. The van der Waals surface area contributed by atoms with Crippen molar-refractivity contribution in [1.29, 1.82) is 0 Å². The SMILES string of the molecule is CC(C)N1C(=O)c2ccc(N)cc2S1(=O)=O. The Morgan fingerprint density at radius 3 is 2.50 bits per heavy atom. The second-order valence-electron chi connectivity index (χ2n) is 3.96. The van der Waals surface area contributed by atoms with E-state index in [-0.39, 0.29) is 10.5 Å². The lowest BCUT2D eigenvalue weighted by atomic mass is 10.2. The van der Waals surface area contributed by atoms with E-state index in [1.54, 1.807) is 13.8 Å². The molecule has 1 heterocycles. The maximum Gasteiger partial charge on any atom is 0.269 e. The average molecular weight is 240 g/mol. The van der Waals surface area contributed by atoms with Crippen molar-refractivity contribution in [3.8, 4) is 0 Å². The van der Waals surface area contributed by atoms with Crippen molar-refractivity contribution in [2.24, 2.45) is 0 Å². The number of hydrogen-bond acceptors (Lipinski definition) is 4. The number of rotatable bonds is 1. The Morgan fingerprint density at radius 2 is 1.94 bits per heavy atom. The number of anilines is 1. The van der Waals surface area contributed by atoms with Gasteiger partial charge in [0.1, 0.15) is 4.90 Å². The summed E-state index contributed by atoms with van der Waals surface area (Å²) in [4.78, 5) is 11.9. The Labute approximate surface area is 93.9 Å². The Morgan fingerprint density at radius 1 is 1.31 bits per heavy atom. The van der Waals surface area contributed by atoms with Crippen LogP contribution in [0.2, 0.25) is 0 Å². The Bertz CT molecular complexity index is 563. The van der Waals surface area contributed by atoms with Crippen molar-refractivity contribution in [3.05, 3.63) is 23.8 Å². The minimum absolute atomic E-state index is 0.00574. The van der Waals surface area contributed by atoms with Gasteiger partial charge in [0, 0.05) is 11.7 Å². The zero-order chi connectivity index (χ0) is 12.1. The predicted octanol–water partition coefficient (Wildman–Crippen LogP) is 0.822. The van der Waals surface area contributed by atoms with Crippen LogP contribution >= 0.6 is 0 Å². The van der Waals surface area contributed by atoms with Crippen LogP contribution in [0.5, 0.6) is 0 Å². The van der Waals surface area contributed by atoms with E-state index < -0.39 is 22.0 Å². The molecule has 2 rings (SSSR count). The zero-order valence-electron chi connectivity index (χ0n) is 8.97. The van der Waals surface area contributed by atoms with E-state index in [4.69, 9.17) is 5.73 Å². The van der Waals surface area contributed by atoms with Crippen molar-refractivity contribution in [3.63, 3.8) is 0 Å². The first-order valence-corrected chi connectivity index (χ1v) is 6.28. The highest BCUT2D eigenvalue weighted by atomic mass is 32.2. The topological polar surface area (TPSA) is 80.5 Å². The molecule has 0 saturated heterocycles. The van der Waals surface area contributed by atoms with Gasteiger partial charge in [-0.1, -0.05) is 0 Å². The molecule has 0 spiro atoms. The fraction of sp³-hybridized carbons (Fsp3) is 0.300. The molecule has 0 aliphatic carbocycles. The molecule has 16 heavy (non-hydrogen) atoms. The van der Waals surface area contributed by atoms with Gasteiger partial charge in [0.15, 0.2) is 0 Å². The van der Waals surface area contributed by atoms with Gasteiger partial charge in [-0.05, 0) is 32.0 Å². The first-order chi connectivity index (χ1) is 7.35. The minimum Gasteiger partial charge on any atom is -0.399 e. The van der Waals surface area contributed by atoms with Crippen LogP contribution in [0, 0.1) is 0 Å². The lowest BCUT2D eigenvalue weighted by Gasteiger charge is -2.18. The number of benzene rings is 1. The van der Waals surface area contributed by atoms with Gasteiger partial charge in [-0.3, -0.25) is 4.79 Å². The molecule has 2 N–H and O–H groups in total. The Balaban J connectivity index is 2.72. The first-order valence-electron chi connectivity index (χ1n) is 4.84. The molecule has 1 aliphatic rings. The molecule has 6 heteroatoms. The number of amides is 1. The van der Waals surface area contributed by atoms with Crippen LogP contribution in [0.25, 0.3) is 0 Å². The van der Waals surface area contributed by atoms with Gasteiger partial charge in [-0.15, -0.1) is 0 Å². The summed E-state index contributed by atoms with van der Waals surface area (Å²) in [5.74, 6) is -0.481. The van der Waals surface area contributed by atoms with Gasteiger partial charge in [0.25, 0.3) is 15.9 Å². The lowest BCUT2D eigenvalue weighted by molar-refractivity contribution is 0.0846. The van der Waals surface area contributed by atoms with Crippen molar-refractivity contribution < 1.29 is 13.2 Å². The van der Waals surface area contributed by atoms with E-state index in [0.717, 1.165) is 4.31 Å². The summed E-state index contributed by atoms with van der Waals surface area (Å²) in [5.41, 5.74) is 6.06. The molecule has 0 radical (unpaired) electrons. The molecule has 0 fully saturated rings. The minimum atomic E-state index is -3.71. The number of fused-ring (bicyclic) bond motifs is 1. The number of carbonyl (C=O) groups is 1. The summed E-state index contributed by atoms with van der Waals surface area (Å²) in [5, 5.41) is 0. The quantitative estimate of drug-likeness (QED) is 0.737. The number of nitrogens with zero attached hydrogens (tertiary/aromatic N) is 1. The molecular formula is C10H12N2O3S. The van der Waals surface area contributed by atoms with E-state index in [1.165, 1.54) is 18.2 Å². The van der Waals surface area contributed by atoms with Gasteiger partial charge in [0.05, 0.1) is 5.56 Å². The molecule has 1 aromatic carbocycles.